The van der Waals surface area contributed by atoms with Crippen molar-refractivity contribution >= 4 is 10.0 Å². The molecular weight excluding hydrogens is 230 g/mol. The molecule has 0 amide bonds. The normalized spacial score (nSPS) is 26.9. The average molecular weight is 251 g/mol. The van der Waals surface area contributed by atoms with E-state index >= 15 is 0 Å². The molecule has 0 spiro atoms. The molecule has 0 radical (unpaired) electrons. The number of ether oxygens (including phenoxy) is 1. The molecule has 0 unspecified atom stereocenters. The van der Waals surface area contributed by atoms with Gasteiger partial charge in [-0.3, -0.25) is 0 Å². The molecule has 6 heteroatoms. The molecule has 0 heterocycles. The summed E-state index contributed by atoms with van der Waals surface area (Å²) in [5.74, 6) is 0.111. The largest absolute Gasteiger partial charge is 0.393 e. The van der Waals surface area contributed by atoms with E-state index in [0.29, 0.717) is 25.9 Å². The fourth-order valence-corrected chi connectivity index (χ4v) is 3.26. The minimum Gasteiger partial charge on any atom is -0.393 e. The Bertz CT molecular complexity index is 283. The third kappa shape index (κ3) is 5.25. The second-order valence-electron chi connectivity index (χ2n) is 4.29. The summed E-state index contributed by atoms with van der Waals surface area (Å²) in [5.41, 5.74) is 0. The molecule has 1 fully saturated rings. The number of methoxy groups -OCH3 is 1. The summed E-state index contributed by atoms with van der Waals surface area (Å²) in [6.07, 6.45) is 3.08. The van der Waals surface area contributed by atoms with E-state index in [-0.39, 0.29) is 17.9 Å². The lowest BCUT2D eigenvalue weighted by molar-refractivity contribution is 0.120. The Morgan fingerprint density at radius 1 is 1.31 bits per heavy atom. The fraction of sp³-hybridized carbons (Fsp3) is 1.00. The lowest BCUT2D eigenvalue weighted by Gasteiger charge is -2.25. The summed E-state index contributed by atoms with van der Waals surface area (Å²) in [6, 6.07) is -0.00375. The standard InChI is InChI=1S/C10H21NO4S/c1-15-7-2-8-16(13,14)11-9-3-5-10(12)6-4-9/h9-12H,2-8H2,1H3. The highest BCUT2D eigenvalue weighted by atomic mass is 32.2. The third-order valence-corrected chi connectivity index (χ3v) is 4.32. The summed E-state index contributed by atoms with van der Waals surface area (Å²) in [6.45, 7) is 0.463. The van der Waals surface area contributed by atoms with E-state index in [1.807, 2.05) is 0 Å². The molecule has 5 nitrogen and oxygen atoms in total. The molecule has 0 saturated heterocycles. The van der Waals surface area contributed by atoms with Crippen LogP contribution in [0.15, 0.2) is 0 Å². The lowest BCUT2D eigenvalue weighted by Crippen LogP contribution is -2.39. The molecule has 0 bridgehead atoms. The molecule has 1 saturated carbocycles. The Kier molecular flexibility index (Phi) is 5.68. The van der Waals surface area contributed by atoms with Gasteiger partial charge in [0.05, 0.1) is 11.9 Å². The van der Waals surface area contributed by atoms with Crippen LogP contribution in [0, 0.1) is 0 Å². The first kappa shape index (κ1) is 13.9. The molecule has 0 atom stereocenters. The minimum atomic E-state index is -3.18. The number of nitrogens with one attached hydrogen (secondary N) is 1. The van der Waals surface area contributed by atoms with E-state index in [1.165, 1.54) is 0 Å². The van der Waals surface area contributed by atoms with E-state index in [2.05, 4.69) is 4.72 Å². The van der Waals surface area contributed by atoms with Gasteiger partial charge in [0.2, 0.25) is 10.0 Å². The second kappa shape index (κ2) is 6.54. The Morgan fingerprint density at radius 3 is 2.50 bits per heavy atom. The molecular formula is C10H21NO4S. The minimum absolute atomic E-state index is 0.00375. The van der Waals surface area contributed by atoms with Crippen molar-refractivity contribution in [3.63, 3.8) is 0 Å². The molecule has 0 aromatic carbocycles. The summed E-state index contributed by atoms with van der Waals surface area (Å²) < 4.78 is 30.7. The van der Waals surface area contributed by atoms with Crippen LogP contribution in [-0.4, -0.2) is 45.1 Å². The Morgan fingerprint density at radius 2 is 1.94 bits per heavy atom. The first-order chi connectivity index (χ1) is 7.53. The molecule has 1 aliphatic rings. The second-order valence-corrected chi connectivity index (χ2v) is 6.16. The van der Waals surface area contributed by atoms with Crippen LogP contribution in [-0.2, 0) is 14.8 Å². The maximum Gasteiger partial charge on any atom is 0.211 e. The number of rotatable bonds is 6. The van der Waals surface area contributed by atoms with Crippen molar-refractivity contribution in [2.75, 3.05) is 19.5 Å². The van der Waals surface area contributed by atoms with Gasteiger partial charge in [-0.15, -0.1) is 0 Å². The molecule has 1 aliphatic carbocycles. The molecule has 0 aromatic rings. The first-order valence-electron chi connectivity index (χ1n) is 5.70. The van der Waals surface area contributed by atoms with Gasteiger partial charge in [0, 0.05) is 19.8 Å². The highest BCUT2D eigenvalue weighted by Gasteiger charge is 2.23. The van der Waals surface area contributed by atoms with E-state index in [1.54, 1.807) is 7.11 Å². The van der Waals surface area contributed by atoms with Crippen LogP contribution in [0.5, 0.6) is 0 Å². The van der Waals surface area contributed by atoms with Crippen LogP contribution in [0.3, 0.4) is 0 Å². The highest BCUT2D eigenvalue weighted by Crippen LogP contribution is 2.18. The van der Waals surface area contributed by atoms with E-state index in [9.17, 15) is 13.5 Å². The average Bonchev–Trinajstić information content (AvgIpc) is 2.21. The maximum atomic E-state index is 11.6. The van der Waals surface area contributed by atoms with Gasteiger partial charge in [-0.1, -0.05) is 0 Å². The van der Waals surface area contributed by atoms with Crippen LogP contribution in [0.4, 0.5) is 0 Å². The fourth-order valence-electron chi connectivity index (χ4n) is 1.90. The molecule has 0 aromatic heterocycles. The lowest BCUT2D eigenvalue weighted by atomic mass is 9.94. The molecule has 16 heavy (non-hydrogen) atoms. The Labute approximate surface area is 97.2 Å². The van der Waals surface area contributed by atoms with Gasteiger partial charge in [0.25, 0.3) is 0 Å². The first-order valence-corrected chi connectivity index (χ1v) is 7.36. The number of sulfonamides is 1. The van der Waals surface area contributed by atoms with E-state index in [4.69, 9.17) is 4.74 Å². The quantitative estimate of drug-likeness (QED) is 0.663. The zero-order valence-corrected chi connectivity index (χ0v) is 10.5. The predicted octanol–water partition coefficient (Wildman–Crippen LogP) is 0.246. The van der Waals surface area contributed by atoms with Gasteiger partial charge in [-0.25, -0.2) is 13.1 Å². The SMILES string of the molecule is COCCCS(=O)(=O)NC1CCC(O)CC1. The summed E-state index contributed by atoms with van der Waals surface area (Å²) in [7, 11) is -1.62. The summed E-state index contributed by atoms with van der Waals surface area (Å²) in [5, 5.41) is 9.30. The van der Waals surface area contributed by atoms with Crippen LogP contribution < -0.4 is 4.72 Å². The van der Waals surface area contributed by atoms with Crippen LogP contribution in [0.1, 0.15) is 32.1 Å². The van der Waals surface area contributed by atoms with Crippen molar-refractivity contribution in [2.24, 2.45) is 0 Å². The topological polar surface area (TPSA) is 75.6 Å². The Balaban J connectivity index is 2.29. The van der Waals surface area contributed by atoms with Gasteiger partial charge in [-0.2, -0.15) is 0 Å². The zero-order valence-electron chi connectivity index (χ0n) is 9.68. The Hall–Kier alpha value is -0.170. The monoisotopic (exact) mass is 251 g/mol. The maximum absolute atomic E-state index is 11.6. The van der Waals surface area contributed by atoms with E-state index in [0.717, 1.165) is 12.8 Å². The van der Waals surface area contributed by atoms with Crippen molar-refractivity contribution in [1.29, 1.82) is 0 Å². The smallest absolute Gasteiger partial charge is 0.211 e. The predicted molar refractivity (Wildman–Crippen MR) is 61.7 cm³/mol. The third-order valence-electron chi connectivity index (χ3n) is 2.80. The highest BCUT2D eigenvalue weighted by molar-refractivity contribution is 7.89. The molecule has 2 N–H and O–H groups in total. The van der Waals surface area contributed by atoms with Crippen molar-refractivity contribution in [3.05, 3.63) is 0 Å². The van der Waals surface area contributed by atoms with Crippen LogP contribution in [0.2, 0.25) is 0 Å². The van der Waals surface area contributed by atoms with Crippen molar-refractivity contribution in [1.82, 2.24) is 4.72 Å². The van der Waals surface area contributed by atoms with Crippen LogP contribution >= 0.6 is 0 Å². The van der Waals surface area contributed by atoms with Gasteiger partial charge in [0.15, 0.2) is 0 Å². The van der Waals surface area contributed by atoms with Gasteiger partial charge >= 0.3 is 0 Å². The van der Waals surface area contributed by atoms with Crippen LogP contribution in [0.25, 0.3) is 0 Å². The number of aliphatic hydroxyl groups is 1. The number of hydrogen-bond donors (Lipinski definition) is 2. The van der Waals surface area contributed by atoms with Gasteiger partial charge < -0.3 is 9.84 Å². The van der Waals surface area contributed by atoms with E-state index < -0.39 is 10.0 Å². The van der Waals surface area contributed by atoms with Gasteiger partial charge in [-0.05, 0) is 32.1 Å². The zero-order chi connectivity index (χ0) is 12.0. The molecule has 96 valence electrons. The summed E-state index contributed by atoms with van der Waals surface area (Å²) >= 11 is 0. The number of hydrogen-bond acceptors (Lipinski definition) is 4. The molecule has 0 aliphatic heterocycles. The molecule has 1 rings (SSSR count). The van der Waals surface area contributed by atoms with Gasteiger partial charge in [0.1, 0.15) is 0 Å². The number of aliphatic hydroxyl groups excluding tert-OH is 1. The van der Waals surface area contributed by atoms with Crippen molar-refractivity contribution in [2.45, 2.75) is 44.2 Å². The van der Waals surface area contributed by atoms with Crippen molar-refractivity contribution < 1.29 is 18.3 Å². The van der Waals surface area contributed by atoms with Crippen molar-refractivity contribution in [3.8, 4) is 0 Å². The summed E-state index contributed by atoms with van der Waals surface area (Å²) in [4.78, 5) is 0.